The van der Waals surface area contributed by atoms with Gasteiger partial charge in [-0.3, -0.25) is 14.3 Å². The number of benzene rings is 1. The van der Waals surface area contributed by atoms with E-state index in [1.54, 1.807) is 6.07 Å². The minimum Gasteiger partial charge on any atom is -0.366 e. The van der Waals surface area contributed by atoms with Crippen LogP contribution in [0.5, 0.6) is 0 Å². The molecule has 1 aliphatic carbocycles. The fraction of sp³-hybridized carbons (Fsp3) is 0.261. The lowest BCUT2D eigenvalue weighted by Gasteiger charge is -2.10. The molecule has 186 valence electrons. The SMILES string of the molecule is Cc1c(NC(=O)c2cc(C(N)=O)c3ccc(F)cc3n2)c(C(F)(F)F)nn1Cc1cc(C2CC2)on1. The highest BCUT2D eigenvalue weighted by Crippen LogP contribution is 2.40. The van der Waals surface area contributed by atoms with E-state index in [2.05, 4.69) is 20.6 Å². The van der Waals surface area contributed by atoms with Crippen molar-refractivity contribution in [1.29, 1.82) is 0 Å². The molecule has 1 aromatic carbocycles. The van der Waals surface area contributed by atoms with Gasteiger partial charge in [0, 0.05) is 23.4 Å². The fourth-order valence-corrected chi connectivity index (χ4v) is 3.86. The number of halogens is 4. The molecule has 2 amide bonds. The van der Waals surface area contributed by atoms with Crippen LogP contribution in [0.2, 0.25) is 0 Å². The molecule has 0 unspecified atom stereocenters. The van der Waals surface area contributed by atoms with Crippen molar-refractivity contribution in [3.63, 3.8) is 0 Å². The van der Waals surface area contributed by atoms with E-state index in [0.717, 1.165) is 35.7 Å². The number of hydrogen-bond acceptors (Lipinski definition) is 6. The number of nitrogens with one attached hydrogen (secondary N) is 1. The molecule has 1 saturated carbocycles. The van der Waals surface area contributed by atoms with Crippen molar-refractivity contribution in [1.82, 2.24) is 19.9 Å². The second-order valence-electron chi connectivity index (χ2n) is 8.49. The third-order valence-corrected chi connectivity index (χ3v) is 5.85. The molecule has 4 aromatic rings. The number of nitrogens with two attached hydrogens (primary N) is 1. The molecular weight excluding hydrogens is 484 g/mol. The largest absolute Gasteiger partial charge is 0.437 e. The van der Waals surface area contributed by atoms with Gasteiger partial charge in [-0.15, -0.1) is 0 Å². The highest BCUT2D eigenvalue weighted by atomic mass is 19.4. The lowest BCUT2D eigenvalue weighted by Crippen LogP contribution is -2.19. The molecule has 13 heteroatoms. The summed E-state index contributed by atoms with van der Waals surface area (Å²) in [7, 11) is 0. The first-order valence-corrected chi connectivity index (χ1v) is 10.8. The van der Waals surface area contributed by atoms with Crippen LogP contribution >= 0.6 is 0 Å². The summed E-state index contributed by atoms with van der Waals surface area (Å²) in [5.74, 6) is -1.71. The second-order valence-corrected chi connectivity index (χ2v) is 8.49. The van der Waals surface area contributed by atoms with Crippen molar-refractivity contribution in [3.8, 4) is 0 Å². The number of anilines is 1. The average molecular weight is 502 g/mol. The van der Waals surface area contributed by atoms with Crippen LogP contribution < -0.4 is 11.1 Å². The summed E-state index contributed by atoms with van der Waals surface area (Å²) in [5, 5.41) is 9.93. The molecule has 0 spiro atoms. The number of carbonyl (C=O) groups excluding carboxylic acids is 2. The van der Waals surface area contributed by atoms with Gasteiger partial charge in [-0.2, -0.15) is 18.3 Å². The Morgan fingerprint density at radius 1 is 1.22 bits per heavy atom. The van der Waals surface area contributed by atoms with E-state index in [1.165, 1.54) is 13.0 Å². The van der Waals surface area contributed by atoms with Gasteiger partial charge in [0.05, 0.1) is 29.0 Å². The van der Waals surface area contributed by atoms with Crippen LogP contribution in [0.3, 0.4) is 0 Å². The molecular formula is C23H18F4N6O3. The molecule has 3 heterocycles. The topological polar surface area (TPSA) is 129 Å². The van der Waals surface area contributed by atoms with Crippen molar-refractivity contribution >= 4 is 28.4 Å². The van der Waals surface area contributed by atoms with E-state index in [-0.39, 0.29) is 34.6 Å². The predicted molar refractivity (Wildman–Crippen MR) is 118 cm³/mol. The summed E-state index contributed by atoms with van der Waals surface area (Å²) >= 11 is 0. The Balaban J connectivity index is 1.50. The van der Waals surface area contributed by atoms with Crippen LogP contribution in [0, 0.1) is 12.7 Å². The molecule has 1 aliphatic rings. The van der Waals surface area contributed by atoms with Gasteiger partial charge in [-0.1, -0.05) is 5.16 Å². The van der Waals surface area contributed by atoms with E-state index >= 15 is 0 Å². The Kier molecular flexibility index (Phi) is 5.49. The van der Waals surface area contributed by atoms with Crippen molar-refractivity contribution in [3.05, 3.63) is 70.2 Å². The van der Waals surface area contributed by atoms with E-state index in [1.807, 2.05) is 0 Å². The summed E-state index contributed by atoms with van der Waals surface area (Å²) in [4.78, 5) is 28.8. The van der Waals surface area contributed by atoms with Gasteiger partial charge in [-0.25, -0.2) is 9.37 Å². The van der Waals surface area contributed by atoms with Gasteiger partial charge in [-0.05, 0) is 38.0 Å². The maximum absolute atomic E-state index is 13.8. The first kappa shape index (κ1) is 23.5. The molecule has 0 saturated heterocycles. The van der Waals surface area contributed by atoms with Gasteiger partial charge < -0.3 is 15.6 Å². The van der Waals surface area contributed by atoms with Crippen LogP contribution in [0.4, 0.5) is 23.2 Å². The maximum Gasteiger partial charge on any atom is 0.437 e. The summed E-state index contributed by atoms with van der Waals surface area (Å²) in [5.41, 5.74) is 3.26. The zero-order valence-electron chi connectivity index (χ0n) is 18.7. The van der Waals surface area contributed by atoms with E-state index in [0.29, 0.717) is 11.5 Å². The van der Waals surface area contributed by atoms with E-state index in [4.69, 9.17) is 10.3 Å². The normalized spacial score (nSPS) is 13.8. The molecule has 0 atom stereocenters. The molecule has 5 rings (SSSR count). The number of carbonyl (C=O) groups is 2. The lowest BCUT2D eigenvalue weighted by atomic mass is 10.1. The molecule has 0 bridgehead atoms. The fourth-order valence-electron chi connectivity index (χ4n) is 3.86. The predicted octanol–water partition coefficient (Wildman–Crippen LogP) is 4.16. The zero-order valence-corrected chi connectivity index (χ0v) is 18.7. The van der Waals surface area contributed by atoms with Crippen LogP contribution in [0.25, 0.3) is 10.9 Å². The quantitative estimate of drug-likeness (QED) is 0.381. The maximum atomic E-state index is 13.8. The Hall–Kier alpha value is -4.29. The molecule has 0 aliphatic heterocycles. The third-order valence-electron chi connectivity index (χ3n) is 5.85. The van der Waals surface area contributed by atoms with Gasteiger partial charge >= 0.3 is 6.18 Å². The van der Waals surface area contributed by atoms with Crippen molar-refractivity contribution < 1.29 is 31.7 Å². The monoisotopic (exact) mass is 502 g/mol. The van der Waals surface area contributed by atoms with E-state index in [9.17, 15) is 27.2 Å². The summed E-state index contributed by atoms with van der Waals surface area (Å²) in [6.45, 7) is 1.25. The van der Waals surface area contributed by atoms with Crippen LogP contribution in [0.15, 0.2) is 34.9 Å². The highest BCUT2D eigenvalue weighted by molar-refractivity contribution is 6.10. The number of fused-ring (bicyclic) bond motifs is 1. The standard InChI is InChI=1S/C23H18F4N6O3/c1-10-19(20(23(25,26)27)31-33(10)9-13-7-18(36-32-13)11-2-3-11)30-22(35)17-8-15(21(28)34)14-5-4-12(24)6-16(14)29-17/h4-8,11H,2-3,9H2,1H3,(H2,28,34)(H,30,35). The van der Waals surface area contributed by atoms with Crippen LogP contribution in [0.1, 0.15) is 62.4 Å². The first-order chi connectivity index (χ1) is 17.0. The summed E-state index contributed by atoms with van der Waals surface area (Å²) < 4.78 is 61.4. The molecule has 3 N–H and O–H groups in total. The molecule has 36 heavy (non-hydrogen) atoms. The smallest absolute Gasteiger partial charge is 0.366 e. The summed E-state index contributed by atoms with van der Waals surface area (Å²) in [6.07, 6.45) is -2.95. The highest BCUT2D eigenvalue weighted by Gasteiger charge is 2.39. The Bertz CT molecular complexity index is 1520. The van der Waals surface area contributed by atoms with Crippen molar-refractivity contribution in [2.75, 3.05) is 5.32 Å². The molecule has 3 aromatic heterocycles. The van der Waals surface area contributed by atoms with E-state index < -0.39 is 40.9 Å². The Morgan fingerprint density at radius 2 is 1.97 bits per heavy atom. The number of pyridine rings is 1. The Labute approximate surface area is 200 Å². The number of primary amides is 1. The molecule has 1 fully saturated rings. The number of rotatable bonds is 6. The van der Waals surface area contributed by atoms with Crippen molar-refractivity contribution in [2.45, 2.75) is 38.4 Å². The number of hydrogen-bond donors (Lipinski definition) is 2. The lowest BCUT2D eigenvalue weighted by molar-refractivity contribution is -0.140. The van der Waals surface area contributed by atoms with Gasteiger partial charge in [0.15, 0.2) is 5.69 Å². The zero-order chi connectivity index (χ0) is 25.8. The van der Waals surface area contributed by atoms with Gasteiger partial charge in [0.25, 0.3) is 5.91 Å². The first-order valence-electron chi connectivity index (χ1n) is 10.8. The number of aromatic nitrogens is 4. The average Bonchev–Trinajstić information content (AvgIpc) is 3.48. The molecule has 9 nitrogen and oxygen atoms in total. The molecule has 0 radical (unpaired) electrons. The number of amides is 2. The van der Waals surface area contributed by atoms with Crippen LogP contribution in [-0.4, -0.2) is 31.7 Å². The third kappa shape index (κ3) is 4.39. The minimum atomic E-state index is -4.89. The Morgan fingerprint density at radius 3 is 2.64 bits per heavy atom. The number of nitrogens with zero attached hydrogens (tertiary/aromatic N) is 4. The van der Waals surface area contributed by atoms with Crippen molar-refractivity contribution in [2.24, 2.45) is 5.73 Å². The van der Waals surface area contributed by atoms with Crippen LogP contribution in [-0.2, 0) is 12.7 Å². The minimum absolute atomic E-state index is 0.00797. The van der Waals surface area contributed by atoms with Gasteiger partial charge in [0.2, 0.25) is 5.91 Å². The summed E-state index contributed by atoms with van der Waals surface area (Å²) in [6, 6.07) is 6.06. The second kappa shape index (κ2) is 8.43. The number of alkyl halides is 3. The van der Waals surface area contributed by atoms with Gasteiger partial charge in [0.1, 0.15) is 23.0 Å².